The van der Waals surface area contributed by atoms with Gasteiger partial charge in [0.25, 0.3) is 0 Å². The first kappa shape index (κ1) is 16.2. The van der Waals surface area contributed by atoms with Crippen LogP contribution in [-0.2, 0) is 9.59 Å². The summed E-state index contributed by atoms with van der Waals surface area (Å²) in [5.74, 6) is -0.611. The molecule has 3 rings (SSSR count). The van der Waals surface area contributed by atoms with Crippen LogP contribution < -0.4 is 5.32 Å². The number of anilines is 1. The summed E-state index contributed by atoms with van der Waals surface area (Å²) in [5.41, 5.74) is 1.50. The molecular weight excluding hydrogens is 322 g/mol. The van der Waals surface area contributed by atoms with Gasteiger partial charge in [0.1, 0.15) is 11.1 Å². The summed E-state index contributed by atoms with van der Waals surface area (Å²) < 4.78 is 0. The lowest BCUT2D eigenvalue weighted by Crippen LogP contribution is -2.30. The number of likely N-dealkylation sites (tertiary alicyclic amines) is 1. The molecular formula is C18H17N3O2S. The second-order valence-corrected chi connectivity index (χ2v) is 6.71. The van der Waals surface area contributed by atoms with Crippen molar-refractivity contribution in [3.05, 3.63) is 52.9 Å². The second-order valence-electron chi connectivity index (χ2n) is 5.80. The minimum Gasteiger partial charge on any atom is -0.335 e. The molecule has 1 fully saturated rings. The molecule has 1 aliphatic heterocycles. The topological polar surface area (TPSA) is 73.2 Å². The highest BCUT2D eigenvalue weighted by Gasteiger charge is 2.37. The third-order valence-corrected chi connectivity index (χ3v) is 5.13. The number of carbonyl (C=O) groups excluding carboxylic acids is 2. The molecule has 2 heterocycles. The number of hydrogen-bond donors (Lipinski definition) is 1. The molecule has 1 saturated heterocycles. The van der Waals surface area contributed by atoms with Crippen LogP contribution in [0.15, 0.2) is 41.8 Å². The number of amides is 2. The zero-order valence-corrected chi connectivity index (χ0v) is 14.0. The van der Waals surface area contributed by atoms with E-state index in [1.165, 1.54) is 11.3 Å². The van der Waals surface area contributed by atoms with Gasteiger partial charge in [0.15, 0.2) is 0 Å². The minimum atomic E-state index is -0.391. The van der Waals surface area contributed by atoms with Crippen LogP contribution in [0.2, 0.25) is 0 Å². The Balaban J connectivity index is 1.68. The Kier molecular flexibility index (Phi) is 4.63. The SMILES string of the molecule is C[C@@H](c1ccccc1)N1C[C@@H](C(=O)Nc2sccc2C#N)CC1=O. The molecule has 0 radical (unpaired) electrons. The Morgan fingerprint density at radius 3 is 2.83 bits per heavy atom. The Morgan fingerprint density at radius 2 is 2.12 bits per heavy atom. The van der Waals surface area contributed by atoms with Gasteiger partial charge in [-0.25, -0.2) is 0 Å². The van der Waals surface area contributed by atoms with Crippen LogP contribution in [0.1, 0.15) is 30.5 Å². The largest absolute Gasteiger partial charge is 0.335 e. The first-order valence-electron chi connectivity index (χ1n) is 7.73. The standard InChI is InChI=1S/C18H17N3O2S/c1-12(13-5-3-2-4-6-13)21-11-15(9-16(21)22)17(23)20-18-14(10-19)7-8-24-18/h2-8,12,15H,9,11H2,1H3,(H,20,23)/t12-,15-/m0/s1. The van der Waals surface area contributed by atoms with Crippen molar-refractivity contribution >= 4 is 28.2 Å². The van der Waals surface area contributed by atoms with Crippen molar-refractivity contribution in [2.75, 3.05) is 11.9 Å². The quantitative estimate of drug-likeness (QED) is 0.930. The molecule has 1 aliphatic rings. The highest BCUT2D eigenvalue weighted by Crippen LogP contribution is 2.30. The predicted octanol–water partition coefficient (Wildman–Crippen LogP) is 3.17. The molecule has 6 heteroatoms. The van der Waals surface area contributed by atoms with Crippen LogP contribution in [-0.4, -0.2) is 23.3 Å². The fraction of sp³-hybridized carbons (Fsp3) is 0.278. The molecule has 1 N–H and O–H groups in total. The minimum absolute atomic E-state index is 0.0156. The van der Waals surface area contributed by atoms with E-state index in [1.807, 2.05) is 43.3 Å². The molecule has 122 valence electrons. The Bertz CT molecular complexity index is 794. The summed E-state index contributed by atoms with van der Waals surface area (Å²) in [7, 11) is 0. The molecule has 1 aromatic carbocycles. The van der Waals surface area contributed by atoms with Crippen LogP contribution in [0.5, 0.6) is 0 Å². The van der Waals surface area contributed by atoms with Crippen molar-refractivity contribution in [3.8, 4) is 6.07 Å². The number of rotatable bonds is 4. The van der Waals surface area contributed by atoms with Crippen LogP contribution in [0.4, 0.5) is 5.00 Å². The molecule has 2 atom stereocenters. The number of thiophene rings is 1. The number of hydrogen-bond acceptors (Lipinski definition) is 4. The normalized spacial score (nSPS) is 18.2. The highest BCUT2D eigenvalue weighted by atomic mass is 32.1. The molecule has 2 amide bonds. The smallest absolute Gasteiger partial charge is 0.230 e. The maximum absolute atomic E-state index is 12.4. The fourth-order valence-corrected chi connectivity index (χ4v) is 3.64. The van der Waals surface area contributed by atoms with E-state index in [0.717, 1.165) is 5.56 Å². The summed E-state index contributed by atoms with van der Waals surface area (Å²) >= 11 is 1.31. The molecule has 5 nitrogen and oxygen atoms in total. The van der Waals surface area contributed by atoms with E-state index in [-0.39, 0.29) is 24.3 Å². The zero-order chi connectivity index (χ0) is 17.1. The van der Waals surface area contributed by atoms with E-state index in [0.29, 0.717) is 17.1 Å². The van der Waals surface area contributed by atoms with Crippen molar-refractivity contribution in [2.45, 2.75) is 19.4 Å². The number of nitrogens with one attached hydrogen (secondary N) is 1. The van der Waals surface area contributed by atoms with Gasteiger partial charge < -0.3 is 10.2 Å². The van der Waals surface area contributed by atoms with Gasteiger partial charge in [-0.1, -0.05) is 30.3 Å². The maximum Gasteiger partial charge on any atom is 0.230 e. The monoisotopic (exact) mass is 339 g/mol. The lowest BCUT2D eigenvalue weighted by atomic mass is 10.1. The van der Waals surface area contributed by atoms with Crippen molar-refractivity contribution in [3.63, 3.8) is 0 Å². The van der Waals surface area contributed by atoms with E-state index >= 15 is 0 Å². The molecule has 1 aromatic heterocycles. The molecule has 24 heavy (non-hydrogen) atoms. The van der Waals surface area contributed by atoms with Crippen molar-refractivity contribution in [1.29, 1.82) is 5.26 Å². The van der Waals surface area contributed by atoms with Crippen molar-refractivity contribution < 1.29 is 9.59 Å². The van der Waals surface area contributed by atoms with Gasteiger partial charge in [-0.3, -0.25) is 9.59 Å². The van der Waals surface area contributed by atoms with Crippen LogP contribution in [0, 0.1) is 17.2 Å². The van der Waals surface area contributed by atoms with Gasteiger partial charge in [0.05, 0.1) is 17.5 Å². The van der Waals surface area contributed by atoms with Crippen molar-refractivity contribution in [2.24, 2.45) is 5.92 Å². The lowest BCUT2D eigenvalue weighted by Gasteiger charge is -2.25. The van der Waals surface area contributed by atoms with Gasteiger partial charge >= 0.3 is 0 Å². The van der Waals surface area contributed by atoms with Gasteiger partial charge in [0.2, 0.25) is 11.8 Å². The molecule has 0 saturated carbocycles. The van der Waals surface area contributed by atoms with Crippen LogP contribution in [0.25, 0.3) is 0 Å². The summed E-state index contributed by atoms with van der Waals surface area (Å²) in [4.78, 5) is 26.5. The van der Waals surface area contributed by atoms with Crippen molar-refractivity contribution in [1.82, 2.24) is 4.90 Å². The molecule has 0 bridgehead atoms. The maximum atomic E-state index is 12.4. The first-order chi connectivity index (χ1) is 11.6. The summed E-state index contributed by atoms with van der Waals surface area (Å²) in [6.45, 7) is 2.37. The zero-order valence-electron chi connectivity index (χ0n) is 13.2. The molecule has 2 aromatic rings. The van der Waals surface area contributed by atoms with E-state index in [1.54, 1.807) is 16.3 Å². The number of benzene rings is 1. The van der Waals surface area contributed by atoms with E-state index in [9.17, 15) is 9.59 Å². The second kappa shape index (κ2) is 6.85. The lowest BCUT2D eigenvalue weighted by molar-refractivity contribution is -0.129. The predicted molar refractivity (Wildman–Crippen MR) is 92.3 cm³/mol. The van der Waals surface area contributed by atoms with Crippen LogP contribution >= 0.6 is 11.3 Å². The number of carbonyl (C=O) groups is 2. The molecule has 0 aliphatic carbocycles. The van der Waals surface area contributed by atoms with E-state index in [2.05, 4.69) is 5.32 Å². The average molecular weight is 339 g/mol. The molecule has 0 unspecified atom stereocenters. The van der Waals surface area contributed by atoms with E-state index in [4.69, 9.17) is 5.26 Å². The van der Waals surface area contributed by atoms with E-state index < -0.39 is 5.92 Å². The number of nitriles is 1. The Morgan fingerprint density at radius 1 is 1.38 bits per heavy atom. The highest BCUT2D eigenvalue weighted by molar-refractivity contribution is 7.14. The summed E-state index contributed by atoms with van der Waals surface area (Å²) in [6, 6.07) is 13.4. The summed E-state index contributed by atoms with van der Waals surface area (Å²) in [6.07, 6.45) is 0.205. The Labute approximate surface area is 144 Å². The third kappa shape index (κ3) is 3.17. The third-order valence-electron chi connectivity index (χ3n) is 4.30. The van der Waals surface area contributed by atoms with Gasteiger partial charge in [-0.15, -0.1) is 11.3 Å². The first-order valence-corrected chi connectivity index (χ1v) is 8.61. The summed E-state index contributed by atoms with van der Waals surface area (Å²) in [5, 5.41) is 14.1. The number of nitrogens with zero attached hydrogens (tertiary/aromatic N) is 2. The van der Waals surface area contributed by atoms with Gasteiger partial charge in [0, 0.05) is 13.0 Å². The Hall–Kier alpha value is -2.65. The molecule has 0 spiro atoms. The van der Waals surface area contributed by atoms with Gasteiger partial charge in [-0.05, 0) is 23.9 Å². The fourth-order valence-electron chi connectivity index (χ4n) is 2.90. The van der Waals surface area contributed by atoms with Gasteiger partial charge in [-0.2, -0.15) is 5.26 Å². The van der Waals surface area contributed by atoms with Crippen LogP contribution in [0.3, 0.4) is 0 Å². The average Bonchev–Trinajstić information content (AvgIpc) is 3.21.